The number of amidine groups is 1. The van der Waals surface area contributed by atoms with Crippen LogP contribution in [-0.2, 0) is 14.8 Å². The number of nitrogens with zero attached hydrogens (tertiary/aromatic N) is 2. The van der Waals surface area contributed by atoms with Crippen LogP contribution in [0.3, 0.4) is 0 Å². The van der Waals surface area contributed by atoms with Gasteiger partial charge in [0.25, 0.3) is 21.8 Å². The highest BCUT2D eigenvalue weighted by Crippen LogP contribution is 2.33. The molecule has 0 aliphatic carbocycles. The summed E-state index contributed by atoms with van der Waals surface area (Å²) in [6, 6.07) is 11.8. The average Bonchev–Trinajstić information content (AvgIpc) is 2.83. The Kier molecular flexibility index (Phi) is 5.54. The highest BCUT2D eigenvalue weighted by molar-refractivity contribution is 7.90. The maximum atomic E-state index is 13.0. The van der Waals surface area contributed by atoms with Gasteiger partial charge in [0.2, 0.25) is 0 Å². The number of hydrogen-bond donors (Lipinski definition) is 2. The number of nitrogens with one attached hydrogen (secondary N) is 2. The molecule has 0 saturated carbocycles. The number of benzene rings is 2. The second-order valence-electron chi connectivity index (χ2n) is 7.66. The first-order valence-corrected chi connectivity index (χ1v) is 12.1. The Morgan fingerprint density at radius 1 is 0.941 bits per heavy atom. The molecule has 0 unspecified atom stereocenters. The number of rotatable bonds is 4. The van der Waals surface area contributed by atoms with E-state index in [4.69, 9.17) is 9.47 Å². The molecule has 0 aromatic heterocycles. The van der Waals surface area contributed by atoms with Crippen molar-refractivity contribution in [2.24, 2.45) is 4.40 Å². The molecule has 2 amide bonds. The zero-order chi connectivity index (χ0) is 23.7. The number of amides is 2. The fourth-order valence-corrected chi connectivity index (χ4v) is 4.61. The van der Waals surface area contributed by atoms with Gasteiger partial charge in [0, 0.05) is 24.5 Å². The van der Waals surface area contributed by atoms with E-state index in [1.807, 2.05) is 0 Å². The molecule has 0 spiro atoms. The van der Waals surface area contributed by atoms with Crippen LogP contribution < -0.4 is 20.1 Å². The molecular formula is C23H20N4O6S. The van der Waals surface area contributed by atoms with Crippen molar-refractivity contribution in [3.63, 3.8) is 0 Å². The van der Waals surface area contributed by atoms with E-state index < -0.39 is 21.8 Å². The summed E-state index contributed by atoms with van der Waals surface area (Å²) in [5.41, 5.74) is 1.44. The summed E-state index contributed by atoms with van der Waals surface area (Å²) < 4.78 is 38.1. The lowest BCUT2D eigenvalue weighted by Gasteiger charge is -2.27. The molecule has 10 nitrogen and oxygen atoms in total. The van der Waals surface area contributed by atoms with Gasteiger partial charge in [-0.1, -0.05) is 12.1 Å². The number of anilines is 2. The molecule has 0 radical (unpaired) electrons. The van der Waals surface area contributed by atoms with Crippen LogP contribution in [0, 0.1) is 0 Å². The smallest absolute Gasteiger partial charge is 0.257 e. The molecule has 3 aliphatic rings. The summed E-state index contributed by atoms with van der Waals surface area (Å²) in [6.45, 7) is 1.11. The van der Waals surface area contributed by atoms with Gasteiger partial charge in [0.05, 0.1) is 22.6 Å². The van der Waals surface area contributed by atoms with Crippen molar-refractivity contribution in [3.05, 3.63) is 72.0 Å². The molecule has 0 bridgehead atoms. The summed E-state index contributed by atoms with van der Waals surface area (Å²) in [5.74, 6) is 0.459. The summed E-state index contributed by atoms with van der Waals surface area (Å²) in [5, 5.41) is 5.57. The quantitative estimate of drug-likeness (QED) is 0.687. The molecule has 11 heteroatoms. The number of ether oxygens (including phenoxy) is 2. The number of carbonyl (C=O) groups excluding carboxylic acids is 2. The van der Waals surface area contributed by atoms with Gasteiger partial charge < -0.3 is 25.0 Å². The van der Waals surface area contributed by atoms with Gasteiger partial charge in [0.15, 0.2) is 11.5 Å². The highest BCUT2D eigenvalue weighted by atomic mass is 32.2. The minimum atomic E-state index is -3.48. The Morgan fingerprint density at radius 3 is 2.59 bits per heavy atom. The predicted molar refractivity (Wildman–Crippen MR) is 126 cm³/mol. The van der Waals surface area contributed by atoms with E-state index in [1.54, 1.807) is 53.6 Å². The maximum absolute atomic E-state index is 13.0. The summed E-state index contributed by atoms with van der Waals surface area (Å²) >= 11 is 0. The minimum absolute atomic E-state index is 0.126. The lowest BCUT2D eigenvalue weighted by atomic mass is 10.1. The zero-order valence-electron chi connectivity index (χ0n) is 17.9. The van der Waals surface area contributed by atoms with E-state index in [2.05, 4.69) is 15.0 Å². The number of hydrogen-bond acceptors (Lipinski definition) is 7. The SMILES string of the molecule is O=C(Nc1ccccc1C(=O)Nc1ccc2c(c1)OCCO2)C1=CN2CCS(=O)(=O)N=C2C=C1. The Hall–Kier alpha value is -4.12. The second-order valence-corrected chi connectivity index (χ2v) is 9.41. The van der Waals surface area contributed by atoms with E-state index in [1.165, 1.54) is 12.2 Å². The highest BCUT2D eigenvalue weighted by Gasteiger charge is 2.25. The van der Waals surface area contributed by atoms with Crippen molar-refractivity contribution in [3.8, 4) is 11.5 Å². The first-order valence-electron chi connectivity index (χ1n) is 10.5. The van der Waals surface area contributed by atoms with Crippen molar-refractivity contribution in [2.75, 3.05) is 36.1 Å². The molecule has 2 aromatic rings. The second kappa shape index (κ2) is 8.67. The van der Waals surface area contributed by atoms with E-state index in [0.29, 0.717) is 41.7 Å². The third-order valence-electron chi connectivity index (χ3n) is 5.31. The van der Waals surface area contributed by atoms with Gasteiger partial charge in [0.1, 0.15) is 19.0 Å². The fourth-order valence-electron chi connectivity index (χ4n) is 3.64. The first-order chi connectivity index (χ1) is 16.4. The zero-order valence-corrected chi connectivity index (χ0v) is 18.7. The van der Waals surface area contributed by atoms with Crippen LogP contribution in [0.25, 0.3) is 0 Å². The van der Waals surface area contributed by atoms with Gasteiger partial charge in [-0.05, 0) is 36.4 Å². The molecule has 0 saturated heterocycles. The van der Waals surface area contributed by atoms with E-state index in [-0.39, 0.29) is 23.7 Å². The van der Waals surface area contributed by atoms with Crippen LogP contribution in [0.1, 0.15) is 10.4 Å². The van der Waals surface area contributed by atoms with Gasteiger partial charge >= 0.3 is 0 Å². The van der Waals surface area contributed by atoms with Crippen LogP contribution in [-0.4, -0.2) is 56.5 Å². The van der Waals surface area contributed by atoms with Crippen molar-refractivity contribution < 1.29 is 27.5 Å². The van der Waals surface area contributed by atoms with Crippen molar-refractivity contribution >= 4 is 39.0 Å². The van der Waals surface area contributed by atoms with E-state index in [9.17, 15) is 18.0 Å². The van der Waals surface area contributed by atoms with Crippen molar-refractivity contribution in [1.29, 1.82) is 0 Å². The largest absolute Gasteiger partial charge is 0.486 e. The van der Waals surface area contributed by atoms with E-state index in [0.717, 1.165) is 0 Å². The van der Waals surface area contributed by atoms with Crippen LogP contribution in [0.5, 0.6) is 11.5 Å². The molecule has 0 atom stereocenters. The lowest BCUT2D eigenvalue weighted by molar-refractivity contribution is -0.112. The van der Waals surface area contributed by atoms with Crippen LogP contribution in [0.15, 0.2) is 70.8 Å². The standard InChI is InChI=1S/C23H20N4O6S/c28-22(15-5-8-21-26-34(30,31)12-9-27(21)14-15)25-18-4-2-1-3-17(18)23(29)24-16-6-7-19-20(13-16)33-11-10-32-19/h1-8,13-14H,9-12H2,(H,24,29)(H,25,28). The number of para-hydroxylation sites is 1. The van der Waals surface area contributed by atoms with Gasteiger partial charge in [-0.25, -0.2) is 8.42 Å². The summed E-state index contributed by atoms with van der Waals surface area (Å²) in [6.07, 6.45) is 4.51. The third kappa shape index (κ3) is 4.50. The minimum Gasteiger partial charge on any atom is -0.486 e. The molecule has 34 heavy (non-hydrogen) atoms. The van der Waals surface area contributed by atoms with E-state index >= 15 is 0 Å². The molecule has 5 rings (SSSR count). The molecule has 2 aromatic carbocycles. The summed E-state index contributed by atoms with van der Waals surface area (Å²) in [7, 11) is -3.48. The van der Waals surface area contributed by atoms with Crippen molar-refractivity contribution in [2.45, 2.75) is 0 Å². The average molecular weight is 481 g/mol. The molecule has 0 fully saturated rings. The van der Waals surface area contributed by atoms with Crippen LogP contribution in [0.4, 0.5) is 11.4 Å². The molecule has 3 heterocycles. The lowest BCUT2D eigenvalue weighted by Crippen LogP contribution is -2.37. The molecule has 174 valence electrons. The molecular weight excluding hydrogens is 460 g/mol. The molecule has 2 N–H and O–H groups in total. The van der Waals surface area contributed by atoms with Crippen LogP contribution in [0.2, 0.25) is 0 Å². The number of fused-ring (bicyclic) bond motifs is 2. The first kappa shape index (κ1) is 21.7. The maximum Gasteiger partial charge on any atom is 0.257 e. The topological polar surface area (TPSA) is 126 Å². The number of sulfonamides is 1. The van der Waals surface area contributed by atoms with Crippen LogP contribution >= 0.6 is 0 Å². The third-order valence-corrected chi connectivity index (χ3v) is 6.47. The fraction of sp³-hybridized carbons (Fsp3) is 0.174. The monoisotopic (exact) mass is 480 g/mol. The Labute approximate surface area is 195 Å². The molecule has 3 aliphatic heterocycles. The van der Waals surface area contributed by atoms with Gasteiger partial charge in [-0.2, -0.15) is 0 Å². The van der Waals surface area contributed by atoms with Gasteiger partial charge in [-0.3, -0.25) is 9.59 Å². The Morgan fingerprint density at radius 2 is 1.74 bits per heavy atom. The Bertz CT molecular complexity index is 1380. The van der Waals surface area contributed by atoms with Gasteiger partial charge in [-0.15, -0.1) is 4.40 Å². The predicted octanol–water partition coefficient (Wildman–Crippen LogP) is 2.15. The summed E-state index contributed by atoms with van der Waals surface area (Å²) in [4.78, 5) is 27.5. The normalized spacial score (nSPS) is 17.7. The van der Waals surface area contributed by atoms with Crippen molar-refractivity contribution in [1.82, 2.24) is 4.90 Å². The Balaban J connectivity index is 1.32. The number of carbonyl (C=O) groups is 2.